The number of aliphatic hydroxyl groups is 3. The van der Waals surface area contributed by atoms with Crippen LogP contribution in [0.3, 0.4) is 0 Å². The van der Waals surface area contributed by atoms with Gasteiger partial charge in [-0.25, -0.2) is 15.0 Å². The summed E-state index contributed by atoms with van der Waals surface area (Å²) in [6, 6.07) is 0. The molecule has 1 aliphatic heterocycles. The maximum atomic E-state index is 12.5. The van der Waals surface area contributed by atoms with Gasteiger partial charge in [0.2, 0.25) is 0 Å². The lowest BCUT2D eigenvalue weighted by Crippen LogP contribution is -2.33. The van der Waals surface area contributed by atoms with Crippen molar-refractivity contribution in [1.82, 2.24) is 19.5 Å². The minimum atomic E-state index is -4.60. The fourth-order valence-electron chi connectivity index (χ4n) is 2.36. The first-order valence-electron chi connectivity index (χ1n) is 6.59. The summed E-state index contributed by atoms with van der Waals surface area (Å²) in [6.07, 6.45) is -3.90. The van der Waals surface area contributed by atoms with Crippen LogP contribution in [0, 0.1) is 0 Å². The summed E-state index contributed by atoms with van der Waals surface area (Å²) in [5.41, 5.74) is 0.932. The van der Waals surface area contributed by atoms with Gasteiger partial charge in [-0.05, 0) is 0 Å². The zero-order valence-corrected chi connectivity index (χ0v) is 12.6. The zero-order chi connectivity index (χ0) is 17.6. The summed E-state index contributed by atoms with van der Waals surface area (Å²) >= 11 is -0.545. The highest BCUT2D eigenvalue weighted by atomic mass is 32.2. The van der Waals surface area contributed by atoms with Crippen LogP contribution in [0.1, 0.15) is 6.23 Å². The molecule has 5 N–H and O–H groups in total. The van der Waals surface area contributed by atoms with Gasteiger partial charge >= 0.3 is 5.51 Å². The lowest BCUT2D eigenvalue weighted by Gasteiger charge is -2.16. The van der Waals surface area contributed by atoms with Gasteiger partial charge in [0.05, 0.1) is 12.9 Å². The van der Waals surface area contributed by atoms with Crippen LogP contribution in [-0.4, -0.2) is 65.3 Å². The monoisotopic (exact) mass is 367 g/mol. The molecule has 2 aromatic rings. The summed E-state index contributed by atoms with van der Waals surface area (Å²) < 4.78 is 44.0. The van der Waals surface area contributed by atoms with Gasteiger partial charge in [-0.15, -0.1) is 0 Å². The number of anilines is 1. The van der Waals surface area contributed by atoms with E-state index in [4.69, 9.17) is 15.6 Å². The number of nitrogens with zero attached hydrogens (tertiary/aromatic N) is 4. The van der Waals surface area contributed by atoms with Gasteiger partial charge in [0, 0.05) is 11.8 Å². The molecule has 9 nitrogen and oxygen atoms in total. The summed E-state index contributed by atoms with van der Waals surface area (Å²) in [4.78, 5) is 11.2. The molecule has 3 rings (SSSR count). The molecular formula is C11H12F3N5O4S. The van der Waals surface area contributed by atoms with Crippen LogP contribution in [0.25, 0.3) is 11.2 Å². The second-order valence-electron chi connectivity index (χ2n) is 4.99. The Hall–Kier alpha value is -1.67. The van der Waals surface area contributed by atoms with Crippen molar-refractivity contribution in [1.29, 1.82) is 0 Å². The third-order valence-electron chi connectivity index (χ3n) is 3.43. The highest BCUT2D eigenvalue weighted by Gasteiger charge is 2.44. The lowest BCUT2D eigenvalue weighted by atomic mass is 10.1. The molecule has 2 aromatic heterocycles. The van der Waals surface area contributed by atoms with Gasteiger partial charge < -0.3 is 25.8 Å². The summed E-state index contributed by atoms with van der Waals surface area (Å²) in [7, 11) is 0. The molecule has 0 spiro atoms. The van der Waals surface area contributed by atoms with Gasteiger partial charge in [-0.3, -0.25) is 4.57 Å². The molecule has 0 radical (unpaired) electrons. The third kappa shape index (κ3) is 3.00. The van der Waals surface area contributed by atoms with Gasteiger partial charge in [-0.2, -0.15) is 13.2 Å². The van der Waals surface area contributed by atoms with E-state index in [-0.39, 0.29) is 17.0 Å². The molecule has 0 aromatic carbocycles. The number of nitrogen functional groups attached to an aromatic ring is 1. The van der Waals surface area contributed by atoms with Crippen LogP contribution in [0.5, 0.6) is 0 Å². The van der Waals surface area contributed by atoms with Crippen LogP contribution in [0.4, 0.5) is 19.0 Å². The molecule has 0 amide bonds. The van der Waals surface area contributed by atoms with E-state index in [2.05, 4.69) is 15.0 Å². The molecule has 0 aliphatic carbocycles. The predicted molar refractivity (Wildman–Crippen MR) is 74.7 cm³/mol. The molecule has 1 fully saturated rings. The number of imidazole rings is 1. The minimum absolute atomic E-state index is 0.0271. The van der Waals surface area contributed by atoms with Crippen LogP contribution in [0.15, 0.2) is 11.5 Å². The van der Waals surface area contributed by atoms with Crippen LogP contribution >= 0.6 is 11.8 Å². The predicted octanol–water partition coefficient (Wildman–Crippen LogP) is -0.368. The van der Waals surface area contributed by atoms with Crippen LogP contribution in [0.2, 0.25) is 0 Å². The number of rotatable bonds is 3. The van der Waals surface area contributed by atoms with Gasteiger partial charge in [0.15, 0.2) is 22.8 Å². The molecule has 24 heavy (non-hydrogen) atoms. The number of aromatic nitrogens is 4. The molecule has 0 unspecified atom stereocenters. The topological polar surface area (TPSA) is 140 Å². The van der Waals surface area contributed by atoms with E-state index < -0.39 is 53.6 Å². The highest BCUT2D eigenvalue weighted by molar-refractivity contribution is 8.00. The smallest absolute Gasteiger partial charge is 0.394 e. The van der Waals surface area contributed by atoms with Crippen LogP contribution in [-0.2, 0) is 4.74 Å². The first kappa shape index (κ1) is 17.2. The Labute approximate surface area is 136 Å². The van der Waals surface area contributed by atoms with E-state index in [9.17, 15) is 23.4 Å². The molecule has 13 heteroatoms. The standard InChI is InChI=1S/C11H12F3N5O4S/c12-11(13,14)24-10-17-7(15)4-8(18-10)19(2-16-4)9-6(22)5(21)3(1-20)23-9/h2-3,5-6,9,20-22H,1H2,(H2,15,17,18)/t3-,5-,6+,9-/m1/s1. The van der Waals surface area contributed by atoms with Crippen molar-refractivity contribution in [2.45, 2.75) is 35.2 Å². The first-order valence-corrected chi connectivity index (χ1v) is 7.41. The minimum Gasteiger partial charge on any atom is -0.394 e. The molecule has 0 saturated carbocycles. The molecule has 0 bridgehead atoms. The van der Waals surface area contributed by atoms with Crippen molar-refractivity contribution in [3.05, 3.63) is 6.33 Å². The number of halogens is 3. The lowest BCUT2D eigenvalue weighted by molar-refractivity contribution is -0.0511. The van der Waals surface area contributed by atoms with Gasteiger partial charge in [-0.1, -0.05) is 0 Å². The van der Waals surface area contributed by atoms with E-state index in [0.29, 0.717) is 0 Å². The van der Waals surface area contributed by atoms with Gasteiger partial charge in [0.25, 0.3) is 0 Å². The van der Waals surface area contributed by atoms with E-state index in [1.165, 1.54) is 0 Å². The molecule has 4 atom stereocenters. The highest BCUT2D eigenvalue weighted by Crippen LogP contribution is 2.37. The zero-order valence-electron chi connectivity index (χ0n) is 11.8. The quantitative estimate of drug-likeness (QED) is 0.423. The molecule has 1 saturated heterocycles. The fraction of sp³-hybridized carbons (Fsp3) is 0.545. The van der Waals surface area contributed by atoms with E-state index in [1.807, 2.05) is 0 Å². The molecular weight excluding hydrogens is 355 g/mol. The van der Waals surface area contributed by atoms with Crippen LogP contribution < -0.4 is 5.73 Å². The summed E-state index contributed by atoms with van der Waals surface area (Å²) in [5, 5.41) is 28.3. The third-order valence-corrected chi connectivity index (χ3v) is 4.02. The normalized spacial score (nSPS) is 27.9. The SMILES string of the molecule is Nc1nc(SC(F)(F)F)nc2c1ncn2[C@@H]1O[C@H](CO)[C@@H](O)[C@@H]1O. The Balaban J connectivity index is 2.03. The first-order chi connectivity index (χ1) is 11.2. The molecule has 1 aliphatic rings. The Bertz CT molecular complexity index is 757. The number of hydrogen-bond acceptors (Lipinski definition) is 9. The van der Waals surface area contributed by atoms with E-state index in [1.54, 1.807) is 0 Å². The largest absolute Gasteiger partial charge is 0.449 e. The number of alkyl halides is 3. The summed E-state index contributed by atoms with van der Waals surface area (Å²) in [6.45, 7) is -0.548. The Morgan fingerprint density at radius 3 is 2.58 bits per heavy atom. The van der Waals surface area contributed by atoms with Crippen molar-refractivity contribution in [2.24, 2.45) is 0 Å². The van der Waals surface area contributed by atoms with Crippen molar-refractivity contribution < 1.29 is 33.2 Å². The molecule has 132 valence electrons. The second kappa shape index (κ2) is 6.00. The van der Waals surface area contributed by atoms with Gasteiger partial charge in [0.1, 0.15) is 23.8 Å². The van der Waals surface area contributed by atoms with E-state index in [0.717, 1.165) is 10.9 Å². The number of fused-ring (bicyclic) bond motifs is 1. The second-order valence-corrected chi connectivity index (χ2v) is 6.02. The maximum Gasteiger partial charge on any atom is 0.449 e. The van der Waals surface area contributed by atoms with E-state index >= 15 is 0 Å². The Morgan fingerprint density at radius 2 is 2.00 bits per heavy atom. The number of ether oxygens (including phenoxy) is 1. The van der Waals surface area contributed by atoms with Crippen molar-refractivity contribution in [3.63, 3.8) is 0 Å². The number of thioether (sulfide) groups is 1. The summed E-state index contributed by atoms with van der Waals surface area (Å²) in [5.74, 6) is -0.266. The Kier molecular flexibility index (Phi) is 4.29. The molecule has 3 heterocycles. The Morgan fingerprint density at radius 1 is 1.29 bits per heavy atom. The fourth-order valence-corrected chi connectivity index (χ4v) is 2.85. The number of hydrogen-bond donors (Lipinski definition) is 4. The van der Waals surface area contributed by atoms with Crippen molar-refractivity contribution in [2.75, 3.05) is 12.3 Å². The average molecular weight is 367 g/mol. The van der Waals surface area contributed by atoms with Crippen molar-refractivity contribution in [3.8, 4) is 0 Å². The average Bonchev–Trinajstić information content (AvgIpc) is 3.00. The number of aliphatic hydroxyl groups excluding tert-OH is 3. The van der Waals surface area contributed by atoms with Crippen molar-refractivity contribution >= 4 is 28.7 Å². The number of nitrogens with two attached hydrogens (primary N) is 1. The maximum absolute atomic E-state index is 12.5.